The van der Waals surface area contributed by atoms with E-state index >= 15 is 0 Å². The number of hydrogen-bond acceptors (Lipinski definition) is 2. The lowest BCUT2D eigenvalue weighted by Crippen LogP contribution is -2.36. The van der Waals surface area contributed by atoms with E-state index in [-0.39, 0.29) is 5.56 Å². The number of hydrogen-bond donors (Lipinski definition) is 0. The van der Waals surface area contributed by atoms with Crippen molar-refractivity contribution in [2.45, 2.75) is 38.9 Å². The maximum atomic E-state index is 12.9. The van der Waals surface area contributed by atoms with Crippen molar-refractivity contribution in [3.63, 3.8) is 0 Å². The SMILES string of the molecule is CC(Cn1ccc2c(ccn2Cc2ccc(Cl)c(Cl)c2)c1=O)N1CCCC1. The van der Waals surface area contributed by atoms with Crippen LogP contribution < -0.4 is 5.56 Å². The van der Waals surface area contributed by atoms with E-state index in [1.807, 2.05) is 41.2 Å². The Hall–Kier alpha value is -1.75. The Bertz CT molecular complexity index is 1020. The third-order valence-electron chi connectivity index (χ3n) is 5.47. The summed E-state index contributed by atoms with van der Waals surface area (Å²) in [6.07, 6.45) is 6.40. The first-order valence-corrected chi connectivity index (χ1v) is 10.1. The van der Waals surface area contributed by atoms with Crippen molar-refractivity contribution >= 4 is 34.1 Å². The number of halogens is 2. The lowest BCUT2D eigenvalue weighted by atomic mass is 10.2. The zero-order chi connectivity index (χ0) is 19.0. The molecule has 0 amide bonds. The molecule has 1 aliphatic rings. The molecule has 1 aromatic carbocycles. The van der Waals surface area contributed by atoms with Crippen LogP contribution in [0.3, 0.4) is 0 Å². The van der Waals surface area contributed by atoms with E-state index in [1.54, 1.807) is 6.07 Å². The highest BCUT2D eigenvalue weighted by Crippen LogP contribution is 2.24. The van der Waals surface area contributed by atoms with Gasteiger partial charge in [-0.25, -0.2) is 0 Å². The standard InChI is InChI=1S/C21H23Cl2N3O/c1-15(24-8-2-3-9-24)13-26-11-7-20-17(21(26)27)6-10-25(20)14-16-4-5-18(22)19(23)12-16/h4-7,10-12,15H,2-3,8-9,13-14H2,1H3. The molecule has 1 fully saturated rings. The average Bonchev–Trinajstić information content (AvgIpc) is 3.31. The Morgan fingerprint density at radius 2 is 1.74 bits per heavy atom. The fourth-order valence-electron chi connectivity index (χ4n) is 3.93. The molecule has 1 unspecified atom stereocenters. The van der Waals surface area contributed by atoms with Gasteiger partial charge >= 0.3 is 0 Å². The van der Waals surface area contributed by atoms with Gasteiger partial charge in [-0.15, -0.1) is 0 Å². The molecule has 0 N–H and O–H groups in total. The highest BCUT2D eigenvalue weighted by molar-refractivity contribution is 6.42. The van der Waals surface area contributed by atoms with Crippen LogP contribution in [0.2, 0.25) is 10.0 Å². The highest BCUT2D eigenvalue weighted by atomic mass is 35.5. The maximum Gasteiger partial charge on any atom is 0.260 e. The number of benzene rings is 1. The molecule has 1 saturated heterocycles. The van der Waals surface area contributed by atoms with E-state index in [4.69, 9.17) is 23.2 Å². The summed E-state index contributed by atoms with van der Waals surface area (Å²) in [5.74, 6) is 0. The van der Waals surface area contributed by atoms with Crippen LogP contribution in [0.4, 0.5) is 0 Å². The molecule has 3 heterocycles. The number of likely N-dealkylation sites (tertiary alicyclic amines) is 1. The van der Waals surface area contributed by atoms with E-state index in [2.05, 4.69) is 16.4 Å². The summed E-state index contributed by atoms with van der Waals surface area (Å²) in [6.45, 7) is 5.86. The number of fused-ring (bicyclic) bond motifs is 1. The predicted molar refractivity (Wildman–Crippen MR) is 112 cm³/mol. The summed E-state index contributed by atoms with van der Waals surface area (Å²) >= 11 is 12.1. The van der Waals surface area contributed by atoms with Gasteiger partial charge in [0.05, 0.1) is 20.9 Å². The summed E-state index contributed by atoms with van der Waals surface area (Å²) in [5.41, 5.74) is 2.07. The van der Waals surface area contributed by atoms with Gasteiger partial charge in [0.15, 0.2) is 0 Å². The van der Waals surface area contributed by atoms with Crippen molar-refractivity contribution in [3.05, 3.63) is 68.7 Å². The number of nitrogens with zero attached hydrogens (tertiary/aromatic N) is 3. The molecular weight excluding hydrogens is 381 g/mol. The van der Waals surface area contributed by atoms with Crippen LogP contribution in [0.15, 0.2) is 47.5 Å². The van der Waals surface area contributed by atoms with Crippen LogP contribution in [-0.2, 0) is 13.1 Å². The zero-order valence-electron chi connectivity index (χ0n) is 15.4. The molecule has 3 aromatic rings. The van der Waals surface area contributed by atoms with E-state index in [9.17, 15) is 4.79 Å². The van der Waals surface area contributed by atoms with Crippen molar-refractivity contribution in [2.75, 3.05) is 13.1 Å². The van der Waals surface area contributed by atoms with E-state index in [0.717, 1.165) is 36.1 Å². The Kier molecular flexibility index (Phi) is 5.31. The second-order valence-electron chi connectivity index (χ2n) is 7.36. The summed E-state index contributed by atoms with van der Waals surface area (Å²) in [5, 5.41) is 1.85. The topological polar surface area (TPSA) is 30.2 Å². The van der Waals surface area contributed by atoms with Crippen LogP contribution >= 0.6 is 23.2 Å². The Balaban J connectivity index is 1.59. The number of pyridine rings is 1. The van der Waals surface area contributed by atoms with Crippen molar-refractivity contribution in [3.8, 4) is 0 Å². The molecule has 0 saturated carbocycles. The molecule has 0 bridgehead atoms. The molecule has 0 aliphatic carbocycles. The van der Waals surface area contributed by atoms with Crippen molar-refractivity contribution < 1.29 is 0 Å². The van der Waals surface area contributed by atoms with Crippen molar-refractivity contribution in [1.29, 1.82) is 0 Å². The zero-order valence-corrected chi connectivity index (χ0v) is 16.9. The Labute approximate surface area is 168 Å². The summed E-state index contributed by atoms with van der Waals surface area (Å²) in [7, 11) is 0. The largest absolute Gasteiger partial charge is 0.343 e. The van der Waals surface area contributed by atoms with Crippen LogP contribution in [0.25, 0.3) is 10.9 Å². The minimum Gasteiger partial charge on any atom is -0.343 e. The summed E-state index contributed by atoms with van der Waals surface area (Å²) in [6, 6.07) is 9.95. The van der Waals surface area contributed by atoms with E-state index in [0.29, 0.717) is 22.6 Å². The van der Waals surface area contributed by atoms with Gasteiger partial charge in [0.2, 0.25) is 0 Å². The van der Waals surface area contributed by atoms with Gasteiger partial charge in [-0.3, -0.25) is 9.69 Å². The molecule has 2 aromatic heterocycles. The predicted octanol–water partition coefficient (Wildman–Crippen LogP) is 4.64. The molecular formula is C21H23Cl2N3O. The van der Waals surface area contributed by atoms with Gasteiger partial charge in [-0.05, 0) is 62.7 Å². The molecule has 0 spiro atoms. The van der Waals surface area contributed by atoms with Gasteiger partial charge in [-0.1, -0.05) is 29.3 Å². The lowest BCUT2D eigenvalue weighted by Gasteiger charge is -2.24. The first-order chi connectivity index (χ1) is 13.0. The molecule has 6 heteroatoms. The molecule has 142 valence electrons. The normalized spacial score (nSPS) is 16.3. The maximum absolute atomic E-state index is 12.9. The third kappa shape index (κ3) is 3.79. The Morgan fingerprint density at radius 1 is 1.00 bits per heavy atom. The van der Waals surface area contributed by atoms with Crippen LogP contribution in [0.1, 0.15) is 25.3 Å². The lowest BCUT2D eigenvalue weighted by molar-refractivity contribution is 0.234. The van der Waals surface area contributed by atoms with E-state index < -0.39 is 0 Å². The van der Waals surface area contributed by atoms with Gasteiger partial charge in [0, 0.05) is 31.5 Å². The fourth-order valence-corrected chi connectivity index (χ4v) is 4.25. The second kappa shape index (κ2) is 7.70. The third-order valence-corrected chi connectivity index (χ3v) is 6.21. The molecule has 1 atom stereocenters. The van der Waals surface area contributed by atoms with Crippen LogP contribution in [-0.4, -0.2) is 33.2 Å². The summed E-state index contributed by atoms with van der Waals surface area (Å²) < 4.78 is 3.92. The molecule has 4 nitrogen and oxygen atoms in total. The molecule has 4 rings (SSSR count). The second-order valence-corrected chi connectivity index (χ2v) is 8.17. The van der Waals surface area contributed by atoms with Crippen molar-refractivity contribution in [1.82, 2.24) is 14.0 Å². The molecule has 27 heavy (non-hydrogen) atoms. The first kappa shape index (κ1) is 18.6. The minimum atomic E-state index is 0.0754. The number of aromatic nitrogens is 2. The van der Waals surface area contributed by atoms with Crippen LogP contribution in [0.5, 0.6) is 0 Å². The Morgan fingerprint density at radius 3 is 2.48 bits per heavy atom. The van der Waals surface area contributed by atoms with Gasteiger partial charge in [0.1, 0.15) is 0 Å². The summed E-state index contributed by atoms with van der Waals surface area (Å²) in [4.78, 5) is 15.4. The smallest absolute Gasteiger partial charge is 0.260 e. The first-order valence-electron chi connectivity index (χ1n) is 9.39. The van der Waals surface area contributed by atoms with Gasteiger partial charge in [-0.2, -0.15) is 0 Å². The van der Waals surface area contributed by atoms with Gasteiger partial charge in [0.25, 0.3) is 5.56 Å². The highest BCUT2D eigenvalue weighted by Gasteiger charge is 2.19. The molecule has 0 radical (unpaired) electrons. The number of rotatable bonds is 5. The average molecular weight is 404 g/mol. The molecule has 1 aliphatic heterocycles. The van der Waals surface area contributed by atoms with Crippen molar-refractivity contribution in [2.24, 2.45) is 0 Å². The van der Waals surface area contributed by atoms with E-state index in [1.165, 1.54) is 12.8 Å². The van der Waals surface area contributed by atoms with Crippen LogP contribution in [0, 0.1) is 0 Å². The monoisotopic (exact) mass is 403 g/mol. The quantitative estimate of drug-likeness (QED) is 0.620. The van der Waals surface area contributed by atoms with Gasteiger partial charge < -0.3 is 9.13 Å². The fraction of sp³-hybridized carbons (Fsp3) is 0.381. The minimum absolute atomic E-state index is 0.0754.